The highest BCUT2D eigenvalue weighted by atomic mass is 16.6. The average Bonchev–Trinajstić information content (AvgIpc) is 3.67. The van der Waals surface area contributed by atoms with E-state index in [4.69, 9.17) is 4.74 Å². The van der Waals surface area contributed by atoms with Crippen molar-refractivity contribution in [2.45, 2.75) is 71.7 Å². The predicted octanol–water partition coefficient (Wildman–Crippen LogP) is 6.22. The van der Waals surface area contributed by atoms with Gasteiger partial charge in [-0.15, -0.1) is 0 Å². The summed E-state index contributed by atoms with van der Waals surface area (Å²) < 4.78 is 7.28. The molecule has 2 amide bonds. The van der Waals surface area contributed by atoms with E-state index < -0.39 is 5.60 Å². The molecule has 5 rings (SSSR count). The average molecular weight is 569 g/mol. The fourth-order valence-corrected chi connectivity index (χ4v) is 5.88. The normalized spacial score (nSPS) is 19.9. The van der Waals surface area contributed by atoms with Crippen LogP contribution in [0.3, 0.4) is 0 Å². The van der Waals surface area contributed by atoms with E-state index in [1.54, 1.807) is 18.9 Å². The molecule has 1 N–H and O–H groups in total. The molecular formula is C33H40N6O3. The van der Waals surface area contributed by atoms with Gasteiger partial charge in [-0.25, -0.2) is 4.79 Å². The number of ether oxygens (including phenoxy) is 1. The van der Waals surface area contributed by atoms with Crippen LogP contribution in [-0.2, 0) is 16.1 Å². The second kappa shape index (κ2) is 11.5. The standard InChI is InChI=1S/C33H40N6O3/c1-21-30(36-27-12-7-23(18-34)8-13-27)28-17-25(11-14-29(28)39(22(2)40)31(21)24-9-10-24)26-19-35-38(20-26)16-15-37(6)32(41)42-33(3,4)5/h7-8,11-14,17,19-21,24,30-31,36H,9-10,15-16H2,1-6H3/t21-,30?,31-/m1/s1. The number of fused-ring (bicyclic) bond motifs is 1. The number of rotatable bonds is 7. The fraction of sp³-hybridized carbons (Fsp3) is 0.455. The molecule has 1 aromatic heterocycles. The molecule has 2 heterocycles. The minimum atomic E-state index is -0.544. The number of amides is 2. The molecule has 0 radical (unpaired) electrons. The van der Waals surface area contributed by atoms with Crippen molar-refractivity contribution in [3.05, 3.63) is 66.0 Å². The summed E-state index contributed by atoms with van der Waals surface area (Å²) in [5.74, 6) is 0.733. The van der Waals surface area contributed by atoms with E-state index in [1.165, 1.54) is 0 Å². The van der Waals surface area contributed by atoms with Crippen LogP contribution in [0.4, 0.5) is 16.2 Å². The van der Waals surface area contributed by atoms with Gasteiger partial charge in [-0.1, -0.05) is 13.0 Å². The van der Waals surface area contributed by atoms with Gasteiger partial charge in [-0.05, 0) is 87.1 Å². The van der Waals surface area contributed by atoms with Crippen LogP contribution >= 0.6 is 0 Å². The van der Waals surface area contributed by atoms with E-state index in [0.717, 1.165) is 40.9 Å². The summed E-state index contributed by atoms with van der Waals surface area (Å²) >= 11 is 0. The number of nitrogens with one attached hydrogen (secondary N) is 1. The van der Waals surface area contributed by atoms with E-state index in [-0.39, 0.29) is 30.0 Å². The van der Waals surface area contributed by atoms with Crippen molar-refractivity contribution in [2.75, 3.05) is 23.8 Å². The van der Waals surface area contributed by atoms with Crippen molar-refractivity contribution in [1.29, 1.82) is 5.26 Å². The minimum Gasteiger partial charge on any atom is -0.444 e. The molecule has 220 valence electrons. The summed E-state index contributed by atoms with van der Waals surface area (Å²) in [6.45, 7) is 10.4. The molecule has 9 nitrogen and oxygen atoms in total. The monoisotopic (exact) mass is 568 g/mol. The molecule has 0 saturated heterocycles. The molecule has 1 saturated carbocycles. The maximum atomic E-state index is 13.0. The number of likely N-dealkylation sites (N-methyl/N-ethyl adjacent to an activating group) is 1. The van der Waals surface area contributed by atoms with Crippen molar-refractivity contribution in [3.63, 3.8) is 0 Å². The highest BCUT2D eigenvalue weighted by Crippen LogP contribution is 2.50. The zero-order valence-corrected chi connectivity index (χ0v) is 25.3. The maximum Gasteiger partial charge on any atom is 0.410 e. The van der Waals surface area contributed by atoms with Crippen LogP contribution < -0.4 is 10.2 Å². The number of hydrogen-bond donors (Lipinski definition) is 1. The van der Waals surface area contributed by atoms with E-state index in [9.17, 15) is 14.9 Å². The third-order valence-electron chi connectivity index (χ3n) is 8.10. The molecule has 2 aliphatic rings. The first kappa shape index (κ1) is 29.2. The molecule has 1 aliphatic carbocycles. The van der Waals surface area contributed by atoms with Crippen LogP contribution in [0.15, 0.2) is 54.9 Å². The molecule has 3 atom stereocenters. The number of benzene rings is 2. The Kier molecular flexibility index (Phi) is 8.00. The minimum absolute atomic E-state index is 0.0217. The van der Waals surface area contributed by atoms with E-state index in [1.807, 2.05) is 67.0 Å². The van der Waals surface area contributed by atoms with Crippen molar-refractivity contribution < 1.29 is 14.3 Å². The Morgan fingerprint density at radius 2 is 1.86 bits per heavy atom. The molecule has 9 heteroatoms. The first-order valence-electron chi connectivity index (χ1n) is 14.6. The third kappa shape index (κ3) is 6.28. The highest BCUT2D eigenvalue weighted by molar-refractivity contribution is 5.94. The molecule has 1 fully saturated rings. The van der Waals surface area contributed by atoms with Gasteiger partial charge < -0.3 is 19.9 Å². The summed E-state index contributed by atoms with van der Waals surface area (Å²) in [4.78, 5) is 28.9. The molecule has 42 heavy (non-hydrogen) atoms. The number of carbonyl (C=O) groups excluding carboxylic acids is 2. The first-order chi connectivity index (χ1) is 19.9. The molecular weight excluding hydrogens is 528 g/mol. The maximum absolute atomic E-state index is 13.0. The Balaban J connectivity index is 1.42. The lowest BCUT2D eigenvalue weighted by atomic mass is 9.79. The Hall–Kier alpha value is -4.32. The molecule has 3 aromatic rings. The summed E-state index contributed by atoms with van der Waals surface area (Å²) in [5.41, 5.74) is 4.99. The number of hydrogen-bond acceptors (Lipinski definition) is 6. The zero-order chi connectivity index (χ0) is 30.2. The van der Waals surface area contributed by atoms with Crippen LogP contribution in [0.1, 0.15) is 64.6 Å². The Labute approximate surface area is 248 Å². The van der Waals surface area contributed by atoms with Gasteiger partial charge in [0, 0.05) is 55.6 Å². The summed E-state index contributed by atoms with van der Waals surface area (Å²) in [7, 11) is 1.72. The van der Waals surface area contributed by atoms with Gasteiger partial charge in [0.1, 0.15) is 5.60 Å². The second-order valence-electron chi connectivity index (χ2n) is 12.6. The zero-order valence-electron chi connectivity index (χ0n) is 25.3. The lowest BCUT2D eigenvalue weighted by Gasteiger charge is -2.46. The van der Waals surface area contributed by atoms with Crippen LogP contribution in [0.5, 0.6) is 0 Å². The predicted molar refractivity (Wildman–Crippen MR) is 163 cm³/mol. The van der Waals surface area contributed by atoms with Gasteiger partial charge in [0.2, 0.25) is 5.91 Å². The fourth-order valence-electron chi connectivity index (χ4n) is 5.88. The summed E-state index contributed by atoms with van der Waals surface area (Å²) in [6.07, 6.45) is 5.73. The first-order valence-corrected chi connectivity index (χ1v) is 14.6. The van der Waals surface area contributed by atoms with E-state index >= 15 is 0 Å². The second-order valence-corrected chi connectivity index (χ2v) is 12.6. The summed E-state index contributed by atoms with van der Waals surface area (Å²) in [5, 5.41) is 17.5. The van der Waals surface area contributed by atoms with Crippen molar-refractivity contribution in [1.82, 2.24) is 14.7 Å². The highest BCUT2D eigenvalue weighted by Gasteiger charge is 2.47. The molecule has 2 aromatic carbocycles. The number of aromatic nitrogens is 2. The lowest BCUT2D eigenvalue weighted by molar-refractivity contribution is -0.117. The molecule has 0 bridgehead atoms. The van der Waals surface area contributed by atoms with Crippen LogP contribution in [-0.4, -0.2) is 51.9 Å². The lowest BCUT2D eigenvalue weighted by Crippen LogP contribution is -2.51. The molecule has 0 spiro atoms. The SMILES string of the molecule is CC(=O)N1c2ccc(-c3cnn(CCN(C)C(=O)OC(C)(C)C)c3)cc2C(Nc2ccc(C#N)cc2)[C@@H](C)[C@@H]1C1CC1. The topological polar surface area (TPSA) is 103 Å². The Bertz CT molecular complexity index is 1500. The van der Waals surface area contributed by atoms with Gasteiger partial charge in [0.25, 0.3) is 0 Å². The molecule has 1 unspecified atom stereocenters. The van der Waals surface area contributed by atoms with Gasteiger partial charge in [-0.3, -0.25) is 9.48 Å². The third-order valence-corrected chi connectivity index (χ3v) is 8.10. The largest absolute Gasteiger partial charge is 0.444 e. The van der Waals surface area contributed by atoms with Crippen LogP contribution in [0.25, 0.3) is 11.1 Å². The number of nitrogens with zero attached hydrogens (tertiary/aromatic N) is 5. The number of anilines is 2. The van der Waals surface area contributed by atoms with Crippen molar-refractivity contribution in [2.24, 2.45) is 11.8 Å². The summed E-state index contributed by atoms with van der Waals surface area (Å²) in [6, 6.07) is 16.1. The van der Waals surface area contributed by atoms with E-state index in [2.05, 4.69) is 41.6 Å². The van der Waals surface area contributed by atoms with Crippen LogP contribution in [0, 0.1) is 23.2 Å². The Morgan fingerprint density at radius 1 is 1.14 bits per heavy atom. The van der Waals surface area contributed by atoms with E-state index in [0.29, 0.717) is 24.6 Å². The quantitative estimate of drug-likeness (QED) is 0.363. The van der Waals surface area contributed by atoms with Crippen molar-refractivity contribution >= 4 is 23.4 Å². The number of carbonyl (C=O) groups is 2. The van der Waals surface area contributed by atoms with Gasteiger partial charge in [0.15, 0.2) is 0 Å². The van der Waals surface area contributed by atoms with Gasteiger partial charge in [-0.2, -0.15) is 10.4 Å². The smallest absolute Gasteiger partial charge is 0.410 e. The van der Waals surface area contributed by atoms with Crippen LogP contribution in [0.2, 0.25) is 0 Å². The Morgan fingerprint density at radius 3 is 2.48 bits per heavy atom. The van der Waals surface area contributed by atoms with Gasteiger partial charge in [0.05, 0.1) is 30.4 Å². The van der Waals surface area contributed by atoms with Gasteiger partial charge >= 0.3 is 6.09 Å². The van der Waals surface area contributed by atoms with Crippen molar-refractivity contribution in [3.8, 4) is 17.2 Å². The molecule has 1 aliphatic heterocycles. The number of nitriles is 1.